The SMILES string of the molecule is COC(=O)c1cccc(C#Cc2cccc(NC(=O)NCc3ccnc(N(C)C)c3)c2)c1. The van der Waals surface area contributed by atoms with Crippen molar-refractivity contribution in [3.05, 3.63) is 89.1 Å². The van der Waals surface area contributed by atoms with Crippen LogP contribution in [0.4, 0.5) is 16.3 Å². The minimum atomic E-state index is -0.407. The number of carbonyl (C=O) groups is 2. The molecule has 0 spiro atoms. The molecule has 3 rings (SSSR count). The van der Waals surface area contributed by atoms with E-state index in [-0.39, 0.29) is 6.03 Å². The van der Waals surface area contributed by atoms with E-state index in [2.05, 4.69) is 27.5 Å². The maximum Gasteiger partial charge on any atom is 0.337 e. The van der Waals surface area contributed by atoms with Crippen LogP contribution < -0.4 is 15.5 Å². The highest BCUT2D eigenvalue weighted by Crippen LogP contribution is 2.12. The van der Waals surface area contributed by atoms with E-state index in [1.54, 1.807) is 36.5 Å². The van der Waals surface area contributed by atoms with Crippen LogP contribution in [0.2, 0.25) is 0 Å². The van der Waals surface area contributed by atoms with Gasteiger partial charge in [0, 0.05) is 43.7 Å². The molecule has 0 saturated heterocycles. The molecule has 0 unspecified atom stereocenters. The Morgan fingerprint density at radius 2 is 1.72 bits per heavy atom. The Balaban J connectivity index is 1.62. The van der Waals surface area contributed by atoms with Gasteiger partial charge in [0.1, 0.15) is 5.82 Å². The summed E-state index contributed by atoms with van der Waals surface area (Å²) in [5, 5.41) is 5.65. The first-order valence-electron chi connectivity index (χ1n) is 9.92. The predicted octanol–water partition coefficient (Wildman–Crippen LogP) is 3.66. The summed E-state index contributed by atoms with van der Waals surface area (Å²) in [4.78, 5) is 30.1. The number of ether oxygens (including phenoxy) is 1. The minimum Gasteiger partial charge on any atom is -0.465 e. The van der Waals surface area contributed by atoms with Crippen LogP contribution in [0.3, 0.4) is 0 Å². The van der Waals surface area contributed by atoms with Gasteiger partial charge in [0.05, 0.1) is 12.7 Å². The Morgan fingerprint density at radius 1 is 1.00 bits per heavy atom. The van der Waals surface area contributed by atoms with Gasteiger partial charge in [0.2, 0.25) is 0 Å². The zero-order valence-electron chi connectivity index (χ0n) is 18.2. The lowest BCUT2D eigenvalue weighted by Crippen LogP contribution is -2.28. The summed E-state index contributed by atoms with van der Waals surface area (Å²) in [6, 6.07) is 17.6. The smallest absolute Gasteiger partial charge is 0.337 e. The number of urea groups is 1. The number of methoxy groups -OCH3 is 1. The summed E-state index contributed by atoms with van der Waals surface area (Å²) >= 11 is 0. The molecule has 0 saturated carbocycles. The zero-order chi connectivity index (χ0) is 22.9. The van der Waals surface area contributed by atoms with E-state index < -0.39 is 5.97 Å². The first-order valence-corrected chi connectivity index (χ1v) is 9.92. The Kier molecular flexibility index (Phi) is 7.44. The zero-order valence-corrected chi connectivity index (χ0v) is 18.2. The number of nitrogens with zero attached hydrogens (tertiary/aromatic N) is 2. The second kappa shape index (κ2) is 10.6. The second-order valence-corrected chi connectivity index (χ2v) is 7.13. The molecule has 32 heavy (non-hydrogen) atoms. The molecule has 2 N–H and O–H groups in total. The van der Waals surface area contributed by atoms with E-state index in [1.165, 1.54) is 7.11 Å². The van der Waals surface area contributed by atoms with Crippen LogP contribution in [0.15, 0.2) is 66.9 Å². The highest BCUT2D eigenvalue weighted by atomic mass is 16.5. The van der Waals surface area contributed by atoms with Crippen LogP contribution in [-0.4, -0.2) is 38.2 Å². The molecule has 0 aliphatic carbocycles. The number of carbonyl (C=O) groups excluding carboxylic acids is 2. The van der Waals surface area contributed by atoms with Gasteiger partial charge < -0.3 is 20.3 Å². The first kappa shape index (κ1) is 22.4. The van der Waals surface area contributed by atoms with Crippen LogP contribution in [0.1, 0.15) is 27.0 Å². The van der Waals surface area contributed by atoms with Crippen molar-refractivity contribution >= 4 is 23.5 Å². The third kappa shape index (κ3) is 6.34. The number of benzene rings is 2. The summed E-state index contributed by atoms with van der Waals surface area (Å²) in [6.07, 6.45) is 1.72. The molecular formula is C25H24N4O3. The van der Waals surface area contributed by atoms with Crippen LogP contribution in [0.5, 0.6) is 0 Å². The Morgan fingerprint density at radius 3 is 2.44 bits per heavy atom. The molecule has 2 aromatic carbocycles. The molecular weight excluding hydrogens is 404 g/mol. The number of rotatable bonds is 5. The van der Waals surface area contributed by atoms with Crippen molar-refractivity contribution in [1.29, 1.82) is 0 Å². The van der Waals surface area contributed by atoms with Gasteiger partial charge in [-0.2, -0.15) is 0 Å². The summed E-state index contributed by atoms with van der Waals surface area (Å²) in [5.74, 6) is 6.49. The largest absolute Gasteiger partial charge is 0.465 e. The van der Waals surface area contributed by atoms with Gasteiger partial charge in [-0.05, 0) is 54.1 Å². The van der Waals surface area contributed by atoms with Gasteiger partial charge in [-0.25, -0.2) is 14.6 Å². The quantitative estimate of drug-likeness (QED) is 0.479. The number of aromatic nitrogens is 1. The van der Waals surface area contributed by atoms with E-state index in [0.29, 0.717) is 23.4 Å². The third-order valence-electron chi connectivity index (χ3n) is 4.48. The van der Waals surface area contributed by atoms with Gasteiger partial charge in [-0.15, -0.1) is 0 Å². The standard InChI is InChI=1S/C25H24N4O3/c1-29(2)23-16-20(12-13-26-23)17-27-25(31)28-22-9-5-7-19(15-22)11-10-18-6-4-8-21(14-18)24(30)32-3/h4-9,12-16H,17H2,1-3H3,(H2,27,28,31). The average molecular weight is 428 g/mol. The van der Waals surface area contributed by atoms with Crippen molar-refractivity contribution in [3.8, 4) is 11.8 Å². The maximum absolute atomic E-state index is 12.3. The van der Waals surface area contributed by atoms with Crippen LogP contribution in [-0.2, 0) is 11.3 Å². The maximum atomic E-state index is 12.3. The summed E-state index contributed by atoms with van der Waals surface area (Å²) in [7, 11) is 5.17. The lowest BCUT2D eigenvalue weighted by molar-refractivity contribution is 0.0600. The molecule has 2 amide bonds. The number of hydrogen-bond donors (Lipinski definition) is 2. The highest BCUT2D eigenvalue weighted by molar-refractivity contribution is 5.90. The van der Waals surface area contributed by atoms with Gasteiger partial charge in [0.25, 0.3) is 0 Å². The fraction of sp³-hybridized carbons (Fsp3) is 0.160. The number of anilines is 2. The first-order chi connectivity index (χ1) is 15.4. The molecule has 162 valence electrons. The van der Waals surface area contributed by atoms with Crippen molar-refractivity contribution in [2.75, 3.05) is 31.4 Å². The van der Waals surface area contributed by atoms with Crippen LogP contribution >= 0.6 is 0 Å². The second-order valence-electron chi connectivity index (χ2n) is 7.13. The topological polar surface area (TPSA) is 83.6 Å². The van der Waals surface area contributed by atoms with Crippen LogP contribution in [0, 0.1) is 11.8 Å². The summed E-state index contributed by atoms with van der Waals surface area (Å²) < 4.78 is 4.73. The van der Waals surface area contributed by atoms with E-state index >= 15 is 0 Å². The fourth-order valence-electron chi connectivity index (χ4n) is 2.83. The lowest BCUT2D eigenvalue weighted by atomic mass is 10.1. The molecule has 0 aliphatic heterocycles. The minimum absolute atomic E-state index is 0.316. The molecule has 1 heterocycles. The lowest BCUT2D eigenvalue weighted by Gasteiger charge is -2.13. The molecule has 0 radical (unpaired) electrons. The molecule has 3 aromatic rings. The van der Waals surface area contributed by atoms with E-state index in [1.807, 2.05) is 49.3 Å². The van der Waals surface area contributed by atoms with Crippen molar-refractivity contribution in [2.24, 2.45) is 0 Å². The van der Waals surface area contributed by atoms with Crippen LogP contribution in [0.25, 0.3) is 0 Å². The van der Waals surface area contributed by atoms with E-state index in [4.69, 9.17) is 4.74 Å². The highest BCUT2D eigenvalue weighted by Gasteiger charge is 2.05. The molecule has 0 fully saturated rings. The molecule has 1 aromatic heterocycles. The van der Waals surface area contributed by atoms with Gasteiger partial charge >= 0.3 is 12.0 Å². The monoisotopic (exact) mass is 428 g/mol. The van der Waals surface area contributed by atoms with Crippen molar-refractivity contribution in [2.45, 2.75) is 6.54 Å². The Labute approximate surface area is 187 Å². The number of hydrogen-bond acceptors (Lipinski definition) is 5. The molecule has 7 nitrogen and oxygen atoms in total. The number of amides is 2. The Bertz CT molecular complexity index is 1180. The summed E-state index contributed by atoms with van der Waals surface area (Å²) in [6.45, 7) is 0.380. The van der Waals surface area contributed by atoms with E-state index in [0.717, 1.165) is 16.9 Å². The van der Waals surface area contributed by atoms with Gasteiger partial charge in [-0.1, -0.05) is 24.0 Å². The van der Waals surface area contributed by atoms with Gasteiger partial charge in [-0.3, -0.25) is 0 Å². The number of esters is 1. The van der Waals surface area contributed by atoms with Gasteiger partial charge in [0.15, 0.2) is 0 Å². The summed E-state index contributed by atoms with van der Waals surface area (Å²) in [5.41, 5.74) is 3.45. The fourth-order valence-corrected chi connectivity index (χ4v) is 2.83. The number of pyridine rings is 1. The molecule has 7 heteroatoms. The van der Waals surface area contributed by atoms with Crippen molar-refractivity contribution < 1.29 is 14.3 Å². The van der Waals surface area contributed by atoms with E-state index in [9.17, 15) is 9.59 Å². The molecule has 0 aliphatic rings. The van der Waals surface area contributed by atoms with Crippen molar-refractivity contribution in [1.82, 2.24) is 10.3 Å². The predicted molar refractivity (Wildman–Crippen MR) is 125 cm³/mol. The normalized spacial score (nSPS) is 9.84. The molecule has 0 bridgehead atoms. The van der Waals surface area contributed by atoms with Crippen molar-refractivity contribution in [3.63, 3.8) is 0 Å². The Hall–Kier alpha value is -4.31. The number of nitrogens with one attached hydrogen (secondary N) is 2. The average Bonchev–Trinajstić information content (AvgIpc) is 2.81. The molecule has 0 atom stereocenters. The third-order valence-corrected chi connectivity index (χ3v) is 4.48.